The fourth-order valence-electron chi connectivity index (χ4n) is 6.94. The normalized spacial score (nSPS) is 26.0. The van der Waals surface area contributed by atoms with Crippen LogP contribution >= 0.6 is 0 Å². The zero-order valence-electron chi connectivity index (χ0n) is 35.0. The van der Waals surface area contributed by atoms with Crippen molar-refractivity contribution in [1.29, 1.82) is 0 Å². The van der Waals surface area contributed by atoms with E-state index in [1.807, 2.05) is 24.1 Å². The second-order valence-corrected chi connectivity index (χ2v) is 15.1. The highest BCUT2D eigenvalue weighted by atomic mass is 16.8. The molecule has 10 atom stereocenters. The van der Waals surface area contributed by atoms with E-state index in [2.05, 4.69) is 19.9 Å². The summed E-state index contributed by atoms with van der Waals surface area (Å²) in [5.74, 6) is 0.403. The summed E-state index contributed by atoms with van der Waals surface area (Å²) in [7, 11) is 1.89. The molecule has 1 amide bonds. The molecule has 0 spiro atoms. The van der Waals surface area contributed by atoms with Crippen molar-refractivity contribution in [3.8, 4) is 0 Å². The van der Waals surface area contributed by atoms with Gasteiger partial charge in [0.25, 0.3) is 0 Å². The van der Waals surface area contributed by atoms with Gasteiger partial charge in [-0.1, -0.05) is 0 Å². The second-order valence-electron chi connectivity index (χ2n) is 15.1. The summed E-state index contributed by atoms with van der Waals surface area (Å²) in [6, 6.07) is 7.01. The summed E-state index contributed by atoms with van der Waals surface area (Å²) in [6.07, 6.45) is -12.6. The van der Waals surface area contributed by atoms with Crippen molar-refractivity contribution in [2.45, 2.75) is 113 Å². The number of benzene rings is 1. The molecular formula is C40H57N7O16. The standard InChI is InChI=1S/C40H57N7O16/c1-21-44-35(41)28-36(45-21)43-17-23(46-28)18-47(2)24-11-9-22(10-12-24)37(55)58-14-5-3-4-7-25(50)8-6-13-57-15-16-59-39-34(31(53)29(51)26(19-48)61-39)62-38-32(54)33(63-40(42)56)30(52)27(20-49)60-38/h9-12,17,26-27,29-34,38-39,48-49,51-54H,3-8,13-16,18-20H2,1-2H3,(H2,42,56)(H2,41,43,44,45)/t26-,27+,29+,30+,31-,32-,33-,34-,38+,39?/m0/s1. The molecule has 10 N–H and O–H groups in total. The number of nitrogen functional groups attached to an aromatic ring is 1. The lowest BCUT2D eigenvalue weighted by atomic mass is 9.97. The molecule has 5 rings (SSSR count). The Balaban J connectivity index is 0.938. The first-order valence-electron chi connectivity index (χ1n) is 20.5. The Morgan fingerprint density at radius 3 is 2.21 bits per heavy atom. The van der Waals surface area contributed by atoms with Gasteiger partial charge in [0.2, 0.25) is 0 Å². The molecule has 3 aromatic rings. The lowest BCUT2D eigenvalue weighted by molar-refractivity contribution is -0.367. The fourth-order valence-corrected chi connectivity index (χ4v) is 6.94. The first-order chi connectivity index (χ1) is 30.2. The number of carbonyl (C=O) groups is 3. The van der Waals surface area contributed by atoms with Crippen LogP contribution in [0.25, 0.3) is 11.2 Å². The summed E-state index contributed by atoms with van der Waals surface area (Å²) >= 11 is 0. The van der Waals surface area contributed by atoms with Crippen LogP contribution in [-0.4, -0.2) is 177 Å². The number of ether oxygens (including phenoxy) is 7. The molecule has 0 aliphatic carbocycles. The molecule has 0 saturated carbocycles. The minimum Gasteiger partial charge on any atom is -0.462 e. The van der Waals surface area contributed by atoms with E-state index in [0.29, 0.717) is 66.9 Å². The Morgan fingerprint density at radius 2 is 1.49 bits per heavy atom. The van der Waals surface area contributed by atoms with Gasteiger partial charge in [0, 0.05) is 32.2 Å². The maximum atomic E-state index is 12.6. The highest BCUT2D eigenvalue weighted by Gasteiger charge is 2.52. The Kier molecular flexibility index (Phi) is 18.6. The van der Waals surface area contributed by atoms with Gasteiger partial charge in [-0.25, -0.2) is 29.5 Å². The summed E-state index contributed by atoms with van der Waals surface area (Å²) in [5.41, 5.74) is 13.9. The zero-order valence-corrected chi connectivity index (χ0v) is 35.0. The molecule has 23 nitrogen and oxygen atoms in total. The van der Waals surface area contributed by atoms with E-state index in [1.54, 1.807) is 25.3 Å². The van der Waals surface area contributed by atoms with E-state index in [4.69, 9.17) is 44.6 Å². The van der Waals surface area contributed by atoms with Crippen molar-refractivity contribution in [3.05, 3.63) is 47.5 Å². The number of hydrogen-bond acceptors (Lipinski definition) is 22. The van der Waals surface area contributed by atoms with Crippen LogP contribution in [0.4, 0.5) is 16.3 Å². The quantitative estimate of drug-likeness (QED) is 0.0408. The maximum absolute atomic E-state index is 12.6. The molecule has 2 aliphatic heterocycles. The van der Waals surface area contributed by atoms with Gasteiger partial charge in [-0.05, 0) is 56.9 Å². The second kappa shape index (κ2) is 23.8. The predicted molar refractivity (Wildman–Crippen MR) is 217 cm³/mol. The Bertz CT molecular complexity index is 1950. The van der Waals surface area contributed by atoms with Gasteiger partial charge in [0.1, 0.15) is 54.3 Å². The number of anilines is 2. The number of nitrogens with two attached hydrogens (primary N) is 2. The van der Waals surface area contributed by atoms with Crippen molar-refractivity contribution in [2.24, 2.45) is 5.73 Å². The van der Waals surface area contributed by atoms with Crippen LogP contribution in [0.1, 0.15) is 60.4 Å². The van der Waals surface area contributed by atoms with Gasteiger partial charge < -0.3 is 80.2 Å². The van der Waals surface area contributed by atoms with Crippen LogP contribution in [0, 0.1) is 6.92 Å². The number of aliphatic hydroxyl groups is 6. The van der Waals surface area contributed by atoms with E-state index in [1.165, 1.54) is 0 Å². The fraction of sp³-hybridized carbons (Fsp3) is 0.625. The van der Waals surface area contributed by atoms with Crippen LogP contribution in [-0.2, 0) is 44.5 Å². The van der Waals surface area contributed by atoms with Crippen LogP contribution in [0.3, 0.4) is 0 Å². The number of carbonyl (C=O) groups excluding carboxylic acids is 3. The van der Waals surface area contributed by atoms with Gasteiger partial charge in [0.05, 0.1) is 57.0 Å². The number of esters is 1. The summed E-state index contributed by atoms with van der Waals surface area (Å²) in [5, 5.41) is 61.6. The average Bonchev–Trinajstić information content (AvgIpc) is 3.26. The largest absolute Gasteiger partial charge is 0.462 e. The van der Waals surface area contributed by atoms with Gasteiger partial charge in [-0.3, -0.25) is 4.79 Å². The highest BCUT2D eigenvalue weighted by Crippen LogP contribution is 2.31. The topological polar surface area (TPSA) is 344 Å². The summed E-state index contributed by atoms with van der Waals surface area (Å²) < 4.78 is 38.1. The van der Waals surface area contributed by atoms with E-state index in [9.17, 15) is 45.0 Å². The van der Waals surface area contributed by atoms with Crippen LogP contribution in [0.5, 0.6) is 0 Å². The SMILES string of the molecule is Cc1nc(N)c2nc(CN(C)c3ccc(C(=O)OCCCCCC(=O)CCCOCCOC4O[C@@H](CO)[C@@H](O)[C@H](O)[C@@H]4O[C@H]4O[C@H](CO)[C@@H](O)[C@H](OC(N)=O)[C@@H]4O)cc3)cnc2n1. The van der Waals surface area contributed by atoms with Gasteiger partial charge in [-0.2, -0.15) is 0 Å². The molecular weight excluding hydrogens is 834 g/mol. The van der Waals surface area contributed by atoms with Gasteiger partial charge >= 0.3 is 12.1 Å². The number of Topliss-reactive ketones (excluding diaryl/α,β-unsaturated/α-hetero) is 1. The molecule has 2 aliphatic rings. The highest BCUT2D eigenvalue weighted by molar-refractivity contribution is 5.89. The minimum atomic E-state index is -1.86. The number of rotatable bonds is 23. The molecule has 0 bridgehead atoms. The van der Waals surface area contributed by atoms with Crippen LogP contribution in [0.2, 0.25) is 0 Å². The third kappa shape index (κ3) is 13.6. The Hall–Kier alpha value is -4.79. The van der Waals surface area contributed by atoms with Crippen molar-refractivity contribution in [1.82, 2.24) is 19.9 Å². The van der Waals surface area contributed by atoms with Crippen LogP contribution < -0.4 is 16.4 Å². The number of aryl methyl sites for hydroxylation is 1. The lowest BCUT2D eigenvalue weighted by Gasteiger charge is -2.46. The van der Waals surface area contributed by atoms with Crippen LogP contribution in [0.15, 0.2) is 30.5 Å². The number of hydrogen-bond donors (Lipinski definition) is 8. The number of aromatic nitrogens is 4. The number of amides is 1. The first kappa shape index (κ1) is 49.2. The molecule has 63 heavy (non-hydrogen) atoms. The Labute approximate surface area is 362 Å². The third-order valence-electron chi connectivity index (χ3n) is 10.3. The van der Waals surface area contributed by atoms with Crippen molar-refractivity contribution >= 4 is 40.5 Å². The van der Waals surface area contributed by atoms with E-state index >= 15 is 0 Å². The van der Waals surface area contributed by atoms with E-state index < -0.39 is 86.7 Å². The van der Waals surface area contributed by atoms with Gasteiger partial charge in [0.15, 0.2) is 35.7 Å². The smallest absolute Gasteiger partial charge is 0.404 e. The molecule has 348 valence electrons. The van der Waals surface area contributed by atoms with E-state index in [0.717, 1.165) is 5.69 Å². The molecule has 2 aromatic heterocycles. The molecule has 4 heterocycles. The van der Waals surface area contributed by atoms with Crippen molar-refractivity contribution in [3.63, 3.8) is 0 Å². The zero-order chi connectivity index (χ0) is 45.6. The number of fused-ring (bicyclic) bond motifs is 1. The number of primary amides is 1. The van der Waals surface area contributed by atoms with Crippen molar-refractivity contribution < 1.29 is 78.2 Å². The first-order valence-corrected chi connectivity index (χ1v) is 20.5. The van der Waals surface area contributed by atoms with Gasteiger partial charge in [-0.15, -0.1) is 0 Å². The predicted octanol–water partition coefficient (Wildman–Crippen LogP) is -1.23. The lowest BCUT2D eigenvalue weighted by Crippen LogP contribution is -2.65. The minimum absolute atomic E-state index is 0.0211. The van der Waals surface area contributed by atoms with E-state index in [-0.39, 0.29) is 44.4 Å². The third-order valence-corrected chi connectivity index (χ3v) is 10.3. The number of unbranched alkanes of at least 4 members (excludes halogenated alkanes) is 2. The number of nitrogens with zero attached hydrogens (tertiary/aromatic N) is 5. The maximum Gasteiger partial charge on any atom is 0.404 e. The number of ketones is 1. The Morgan fingerprint density at radius 1 is 0.794 bits per heavy atom. The molecule has 2 saturated heterocycles. The molecule has 2 fully saturated rings. The number of aliphatic hydroxyl groups excluding tert-OH is 6. The van der Waals surface area contributed by atoms with Crippen molar-refractivity contribution in [2.75, 3.05) is 57.3 Å². The molecule has 1 unspecified atom stereocenters. The molecule has 1 aromatic carbocycles. The monoisotopic (exact) mass is 891 g/mol. The average molecular weight is 892 g/mol. The summed E-state index contributed by atoms with van der Waals surface area (Å²) in [4.78, 5) is 55.7. The molecule has 0 radical (unpaired) electrons. The summed E-state index contributed by atoms with van der Waals surface area (Å²) in [6.45, 7) is 1.05. The molecule has 23 heteroatoms.